The van der Waals surface area contributed by atoms with Crippen LogP contribution in [0.4, 0.5) is 11.6 Å². The molecule has 0 spiro atoms. The van der Waals surface area contributed by atoms with E-state index in [1.165, 1.54) is 12.8 Å². The number of piperidine rings is 1. The molecule has 106 valence electrons. The Balaban J connectivity index is 2.11. The minimum Gasteiger partial charge on any atom is -0.370 e. The first-order valence-electron chi connectivity index (χ1n) is 7.22. The molecule has 5 heteroatoms. The molecule has 1 aromatic rings. The number of nitrogens with one attached hydrogen (secondary N) is 2. The van der Waals surface area contributed by atoms with Crippen molar-refractivity contribution in [3.05, 3.63) is 11.9 Å². The van der Waals surface area contributed by atoms with Crippen LogP contribution in [0.15, 0.2) is 6.07 Å². The summed E-state index contributed by atoms with van der Waals surface area (Å²) in [6.07, 6.45) is 2.55. The zero-order valence-corrected chi connectivity index (χ0v) is 12.2. The van der Waals surface area contributed by atoms with Crippen molar-refractivity contribution in [3.63, 3.8) is 0 Å². The molecular formula is C14H25N5. The molecule has 2 heterocycles. The van der Waals surface area contributed by atoms with Gasteiger partial charge in [-0.2, -0.15) is 0 Å². The highest BCUT2D eigenvalue weighted by Crippen LogP contribution is 2.23. The summed E-state index contributed by atoms with van der Waals surface area (Å²) in [5.41, 5.74) is 0. The summed E-state index contributed by atoms with van der Waals surface area (Å²) in [5.74, 6) is 3.55. The van der Waals surface area contributed by atoms with E-state index in [0.717, 1.165) is 49.6 Å². The fourth-order valence-corrected chi connectivity index (χ4v) is 2.71. The number of rotatable bonds is 5. The Morgan fingerprint density at radius 1 is 1.42 bits per heavy atom. The van der Waals surface area contributed by atoms with E-state index in [1.54, 1.807) is 0 Å². The van der Waals surface area contributed by atoms with Crippen molar-refractivity contribution >= 4 is 11.6 Å². The van der Waals surface area contributed by atoms with Gasteiger partial charge in [0.2, 0.25) is 0 Å². The van der Waals surface area contributed by atoms with Gasteiger partial charge < -0.3 is 15.5 Å². The van der Waals surface area contributed by atoms with Crippen LogP contribution >= 0.6 is 0 Å². The van der Waals surface area contributed by atoms with E-state index < -0.39 is 0 Å². The molecule has 5 nitrogen and oxygen atoms in total. The molecule has 0 aromatic carbocycles. The molecule has 1 atom stereocenters. The Bertz CT molecular complexity index is 405. The molecule has 1 aromatic heterocycles. The minimum atomic E-state index is 0.719. The Kier molecular flexibility index (Phi) is 4.96. The third kappa shape index (κ3) is 3.80. The average Bonchev–Trinajstić information content (AvgIpc) is 2.39. The molecule has 1 aliphatic rings. The van der Waals surface area contributed by atoms with Crippen molar-refractivity contribution in [2.24, 2.45) is 5.92 Å². The summed E-state index contributed by atoms with van der Waals surface area (Å²) in [6, 6.07) is 2.07. The highest BCUT2D eigenvalue weighted by Gasteiger charge is 2.21. The molecule has 1 aliphatic heterocycles. The lowest BCUT2D eigenvalue weighted by Crippen LogP contribution is -2.39. The van der Waals surface area contributed by atoms with Crippen LogP contribution in [0.1, 0.15) is 25.6 Å². The maximum atomic E-state index is 4.59. The Hall–Kier alpha value is -1.36. The normalized spacial score (nSPS) is 19.5. The first kappa shape index (κ1) is 14.1. The molecule has 1 saturated heterocycles. The zero-order chi connectivity index (χ0) is 13.7. The quantitative estimate of drug-likeness (QED) is 0.846. The predicted octanol–water partition coefficient (Wildman–Crippen LogP) is 1.65. The molecule has 0 saturated carbocycles. The van der Waals surface area contributed by atoms with Gasteiger partial charge in [-0.1, -0.05) is 0 Å². The van der Waals surface area contributed by atoms with Crippen LogP contribution in [0.25, 0.3) is 0 Å². The second-order valence-corrected chi connectivity index (χ2v) is 5.20. The van der Waals surface area contributed by atoms with Gasteiger partial charge in [0, 0.05) is 25.7 Å². The number of hydrogen-bond acceptors (Lipinski definition) is 5. The predicted molar refractivity (Wildman–Crippen MR) is 79.8 cm³/mol. The molecule has 0 aliphatic carbocycles. The maximum Gasteiger partial charge on any atom is 0.134 e. The maximum absolute atomic E-state index is 4.59. The van der Waals surface area contributed by atoms with E-state index >= 15 is 0 Å². The Morgan fingerprint density at radius 2 is 2.26 bits per heavy atom. The Morgan fingerprint density at radius 3 is 3.00 bits per heavy atom. The van der Waals surface area contributed by atoms with Crippen molar-refractivity contribution < 1.29 is 0 Å². The lowest BCUT2D eigenvalue weighted by molar-refractivity contribution is 0.401. The van der Waals surface area contributed by atoms with E-state index in [4.69, 9.17) is 0 Å². The van der Waals surface area contributed by atoms with Crippen molar-refractivity contribution in [2.75, 3.05) is 43.4 Å². The molecule has 2 N–H and O–H groups in total. The van der Waals surface area contributed by atoms with E-state index in [0.29, 0.717) is 0 Å². The van der Waals surface area contributed by atoms with Crippen molar-refractivity contribution in [1.82, 2.24) is 15.3 Å². The van der Waals surface area contributed by atoms with E-state index in [-0.39, 0.29) is 0 Å². The van der Waals surface area contributed by atoms with Crippen LogP contribution < -0.4 is 15.5 Å². The van der Waals surface area contributed by atoms with Crippen LogP contribution in [-0.2, 0) is 0 Å². The minimum absolute atomic E-state index is 0.719. The van der Waals surface area contributed by atoms with E-state index in [2.05, 4.69) is 38.5 Å². The first-order valence-corrected chi connectivity index (χ1v) is 7.22. The molecule has 0 amide bonds. The van der Waals surface area contributed by atoms with Gasteiger partial charge in [0.15, 0.2) is 0 Å². The Labute approximate surface area is 115 Å². The number of nitrogens with zero attached hydrogens (tertiary/aromatic N) is 3. The number of anilines is 2. The highest BCUT2D eigenvalue weighted by molar-refractivity contribution is 5.49. The summed E-state index contributed by atoms with van der Waals surface area (Å²) in [4.78, 5) is 11.4. The standard InChI is InChI=1S/C14H25N5/c1-4-16-13-8-14(18-11(2)17-13)19-7-5-6-12(10-19)9-15-3/h8,12,15H,4-7,9-10H2,1-3H3,(H,16,17,18). The summed E-state index contributed by atoms with van der Waals surface area (Å²) in [5, 5.41) is 6.55. The van der Waals surface area contributed by atoms with Crippen LogP contribution in [0.5, 0.6) is 0 Å². The SMILES string of the molecule is CCNc1cc(N2CCCC(CNC)C2)nc(C)n1. The third-order valence-corrected chi connectivity index (χ3v) is 3.52. The lowest BCUT2D eigenvalue weighted by Gasteiger charge is -2.33. The summed E-state index contributed by atoms with van der Waals surface area (Å²) >= 11 is 0. The fraction of sp³-hybridized carbons (Fsp3) is 0.714. The molecule has 1 unspecified atom stereocenters. The summed E-state index contributed by atoms with van der Waals surface area (Å²) < 4.78 is 0. The topological polar surface area (TPSA) is 53.1 Å². The first-order chi connectivity index (χ1) is 9.22. The zero-order valence-electron chi connectivity index (χ0n) is 12.2. The summed E-state index contributed by atoms with van der Waals surface area (Å²) in [7, 11) is 2.02. The smallest absolute Gasteiger partial charge is 0.134 e. The largest absolute Gasteiger partial charge is 0.370 e. The fourth-order valence-electron chi connectivity index (χ4n) is 2.71. The van der Waals surface area contributed by atoms with Gasteiger partial charge in [-0.3, -0.25) is 0 Å². The van der Waals surface area contributed by atoms with Gasteiger partial charge in [0.05, 0.1) is 0 Å². The van der Waals surface area contributed by atoms with E-state index in [9.17, 15) is 0 Å². The second-order valence-electron chi connectivity index (χ2n) is 5.20. The van der Waals surface area contributed by atoms with Crippen molar-refractivity contribution in [2.45, 2.75) is 26.7 Å². The van der Waals surface area contributed by atoms with Gasteiger partial charge in [-0.15, -0.1) is 0 Å². The monoisotopic (exact) mass is 263 g/mol. The van der Waals surface area contributed by atoms with Crippen molar-refractivity contribution in [3.8, 4) is 0 Å². The molecule has 0 radical (unpaired) electrons. The molecule has 2 rings (SSSR count). The van der Waals surface area contributed by atoms with Gasteiger partial charge in [0.1, 0.15) is 17.5 Å². The number of aromatic nitrogens is 2. The lowest BCUT2D eigenvalue weighted by atomic mass is 9.98. The average molecular weight is 263 g/mol. The van der Waals surface area contributed by atoms with Crippen LogP contribution in [0.2, 0.25) is 0 Å². The van der Waals surface area contributed by atoms with Crippen LogP contribution in [0, 0.1) is 12.8 Å². The van der Waals surface area contributed by atoms with Crippen LogP contribution in [0.3, 0.4) is 0 Å². The van der Waals surface area contributed by atoms with Crippen molar-refractivity contribution in [1.29, 1.82) is 0 Å². The molecule has 0 bridgehead atoms. The van der Waals surface area contributed by atoms with E-state index in [1.807, 2.05) is 14.0 Å². The van der Waals surface area contributed by atoms with Gasteiger partial charge in [-0.05, 0) is 46.2 Å². The number of hydrogen-bond donors (Lipinski definition) is 2. The summed E-state index contributed by atoms with van der Waals surface area (Å²) in [6.45, 7) is 8.20. The molecule has 1 fully saturated rings. The van der Waals surface area contributed by atoms with Gasteiger partial charge >= 0.3 is 0 Å². The van der Waals surface area contributed by atoms with Gasteiger partial charge in [-0.25, -0.2) is 9.97 Å². The van der Waals surface area contributed by atoms with Crippen LogP contribution in [-0.4, -0.2) is 43.2 Å². The number of aryl methyl sites for hydroxylation is 1. The molecule has 19 heavy (non-hydrogen) atoms. The highest BCUT2D eigenvalue weighted by atomic mass is 15.2. The third-order valence-electron chi connectivity index (χ3n) is 3.52. The van der Waals surface area contributed by atoms with Gasteiger partial charge in [0.25, 0.3) is 0 Å². The second kappa shape index (κ2) is 6.70. The molecular weight excluding hydrogens is 238 g/mol.